The maximum Gasteiger partial charge on any atom is 0.416 e. The molecule has 14 heteroatoms. The summed E-state index contributed by atoms with van der Waals surface area (Å²) < 4.78 is 43.8. The standard InChI is InChI=1S/C23H14ClF3N4O6/c24-16-10-9-14(23(25,26)27)11-17(16)29-20(32)21(33)30-28-12-13-5-1-4-8-19(13)37-22(34)15-6-2-3-7-18(15)31(35)36/h1-12H,(H,29,32)(H,30,33). The molecular weight excluding hydrogens is 521 g/mol. The van der Waals surface area contributed by atoms with Crippen molar-refractivity contribution in [2.24, 2.45) is 5.10 Å². The van der Waals surface area contributed by atoms with E-state index in [4.69, 9.17) is 16.3 Å². The number of anilines is 1. The summed E-state index contributed by atoms with van der Waals surface area (Å²) in [5.74, 6) is -3.77. The molecule has 0 spiro atoms. The predicted octanol–water partition coefficient (Wildman–Crippen LogP) is 4.58. The average Bonchev–Trinajstić information content (AvgIpc) is 2.85. The number of carbonyl (C=O) groups excluding carboxylic acids is 3. The number of hydrogen-bond acceptors (Lipinski definition) is 7. The zero-order chi connectivity index (χ0) is 27.2. The molecule has 0 fully saturated rings. The number of hydrazone groups is 1. The molecule has 0 aliphatic heterocycles. The minimum absolute atomic E-state index is 0.0659. The number of benzene rings is 3. The predicted molar refractivity (Wildman–Crippen MR) is 125 cm³/mol. The summed E-state index contributed by atoms with van der Waals surface area (Å²) in [7, 11) is 0. The summed E-state index contributed by atoms with van der Waals surface area (Å²) in [4.78, 5) is 47.0. The molecule has 0 saturated carbocycles. The Morgan fingerprint density at radius 1 is 1.00 bits per heavy atom. The molecule has 2 N–H and O–H groups in total. The maximum absolute atomic E-state index is 12.9. The fraction of sp³-hybridized carbons (Fsp3) is 0.0435. The normalized spacial score (nSPS) is 11.1. The van der Waals surface area contributed by atoms with Crippen LogP contribution in [0.5, 0.6) is 5.75 Å². The van der Waals surface area contributed by atoms with Gasteiger partial charge in [0.15, 0.2) is 0 Å². The summed E-state index contributed by atoms with van der Waals surface area (Å²) >= 11 is 5.79. The van der Waals surface area contributed by atoms with Crippen molar-refractivity contribution in [1.82, 2.24) is 5.43 Å². The highest BCUT2D eigenvalue weighted by atomic mass is 35.5. The first-order chi connectivity index (χ1) is 17.5. The van der Waals surface area contributed by atoms with Crippen molar-refractivity contribution < 1.29 is 37.2 Å². The van der Waals surface area contributed by atoms with Crippen molar-refractivity contribution >= 4 is 47.0 Å². The maximum atomic E-state index is 12.9. The molecule has 0 aliphatic carbocycles. The molecule has 0 radical (unpaired) electrons. The number of ether oxygens (including phenoxy) is 1. The van der Waals surface area contributed by atoms with Gasteiger partial charge in [-0.3, -0.25) is 19.7 Å². The van der Waals surface area contributed by atoms with Crippen LogP contribution in [0.3, 0.4) is 0 Å². The van der Waals surface area contributed by atoms with E-state index in [0.717, 1.165) is 18.3 Å². The second-order valence-corrected chi connectivity index (χ2v) is 7.45. The van der Waals surface area contributed by atoms with Crippen molar-refractivity contribution in [3.8, 4) is 5.75 Å². The van der Waals surface area contributed by atoms with Crippen molar-refractivity contribution in [2.75, 3.05) is 5.32 Å². The number of carbonyl (C=O) groups is 3. The van der Waals surface area contributed by atoms with Crippen molar-refractivity contribution in [3.05, 3.63) is 98.6 Å². The molecule has 0 aromatic heterocycles. The highest BCUT2D eigenvalue weighted by molar-refractivity contribution is 6.41. The highest BCUT2D eigenvalue weighted by Crippen LogP contribution is 2.33. The number of para-hydroxylation sites is 2. The van der Waals surface area contributed by atoms with Gasteiger partial charge in [0, 0.05) is 11.6 Å². The molecule has 10 nitrogen and oxygen atoms in total. The fourth-order valence-corrected chi connectivity index (χ4v) is 2.99. The first-order valence-corrected chi connectivity index (χ1v) is 10.4. The number of rotatable bonds is 6. The van der Waals surface area contributed by atoms with Crippen molar-refractivity contribution in [2.45, 2.75) is 6.18 Å². The van der Waals surface area contributed by atoms with E-state index in [1.807, 2.05) is 10.7 Å². The van der Waals surface area contributed by atoms with Crippen LogP contribution in [0, 0.1) is 10.1 Å². The monoisotopic (exact) mass is 534 g/mol. The van der Waals surface area contributed by atoms with Gasteiger partial charge in [0.25, 0.3) is 5.69 Å². The largest absolute Gasteiger partial charge is 0.422 e. The number of alkyl halides is 3. The molecule has 0 unspecified atom stereocenters. The van der Waals surface area contributed by atoms with Gasteiger partial charge < -0.3 is 10.1 Å². The summed E-state index contributed by atoms with van der Waals surface area (Å²) in [6.45, 7) is 0. The summed E-state index contributed by atoms with van der Waals surface area (Å²) in [5, 5.41) is 16.4. The fourth-order valence-electron chi connectivity index (χ4n) is 2.83. The molecule has 0 aliphatic rings. The van der Waals surface area contributed by atoms with Crippen LogP contribution < -0.4 is 15.5 Å². The van der Waals surface area contributed by atoms with Gasteiger partial charge in [-0.15, -0.1) is 0 Å². The second kappa shape index (κ2) is 11.3. The van der Waals surface area contributed by atoms with Gasteiger partial charge in [0.05, 0.1) is 27.4 Å². The lowest BCUT2D eigenvalue weighted by Crippen LogP contribution is -2.32. The van der Waals surface area contributed by atoms with Crippen LogP contribution in [0.25, 0.3) is 0 Å². The molecule has 3 aromatic rings. The van der Waals surface area contributed by atoms with Crippen LogP contribution in [-0.2, 0) is 15.8 Å². The smallest absolute Gasteiger partial charge is 0.416 e. The Labute approximate surface area is 210 Å². The minimum atomic E-state index is -4.70. The molecule has 3 aromatic carbocycles. The van der Waals surface area contributed by atoms with Crippen molar-refractivity contribution in [1.29, 1.82) is 0 Å². The third-order valence-electron chi connectivity index (χ3n) is 4.56. The lowest BCUT2D eigenvalue weighted by Gasteiger charge is -2.11. The molecule has 0 bridgehead atoms. The first kappa shape index (κ1) is 26.8. The van der Waals surface area contributed by atoms with Gasteiger partial charge in [-0.2, -0.15) is 18.3 Å². The van der Waals surface area contributed by atoms with Crippen LogP contribution in [0.1, 0.15) is 21.5 Å². The number of amides is 2. The van der Waals surface area contributed by atoms with E-state index >= 15 is 0 Å². The summed E-state index contributed by atoms with van der Waals surface area (Å²) in [5.41, 5.74) is -0.253. The van der Waals surface area contributed by atoms with E-state index < -0.39 is 45.8 Å². The van der Waals surface area contributed by atoms with Gasteiger partial charge in [-0.1, -0.05) is 35.9 Å². The number of esters is 1. The number of nitro benzene ring substituents is 1. The van der Waals surface area contributed by atoms with Crippen LogP contribution in [-0.4, -0.2) is 28.9 Å². The molecule has 0 saturated heterocycles. The number of hydrogen-bond donors (Lipinski definition) is 2. The molecule has 190 valence electrons. The molecule has 3 rings (SSSR count). The lowest BCUT2D eigenvalue weighted by atomic mass is 10.2. The van der Waals surface area contributed by atoms with Gasteiger partial charge >= 0.3 is 24.0 Å². The first-order valence-electron chi connectivity index (χ1n) is 10.0. The Balaban J connectivity index is 1.68. The van der Waals surface area contributed by atoms with Gasteiger partial charge in [0.2, 0.25) is 0 Å². The number of nitrogens with one attached hydrogen (secondary N) is 2. The third kappa shape index (κ3) is 6.89. The van der Waals surface area contributed by atoms with Crippen molar-refractivity contribution in [3.63, 3.8) is 0 Å². The number of halogens is 4. The van der Waals surface area contributed by atoms with Gasteiger partial charge in [-0.05, 0) is 36.4 Å². The van der Waals surface area contributed by atoms with E-state index in [9.17, 15) is 37.7 Å². The highest BCUT2D eigenvalue weighted by Gasteiger charge is 2.31. The number of nitrogens with zero attached hydrogens (tertiary/aromatic N) is 2. The average molecular weight is 535 g/mol. The van der Waals surface area contributed by atoms with E-state index in [1.54, 1.807) is 0 Å². The Hall–Kier alpha value is -4.78. The quantitative estimate of drug-likeness (QED) is 0.118. The number of nitro groups is 1. The molecular formula is C23H14ClF3N4O6. The lowest BCUT2D eigenvalue weighted by molar-refractivity contribution is -0.385. The molecule has 0 heterocycles. The minimum Gasteiger partial charge on any atom is -0.422 e. The van der Waals surface area contributed by atoms with Crippen LogP contribution in [0.4, 0.5) is 24.5 Å². The Bertz CT molecular complexity index is 1410. The summed E-state index contributed by atoms with van der Waals surface area (Å²) in [6, 6.07) is 13.2. The third-order valence-corrected chi connectivity index (χ3v) is 4.89. The van der Waals surface area contributed by atoms with E-state index in [1.165, 1.54) is 42.5 Å². The molecule has 0 atom stereocenters. The zero-order valence-corrected chi connectivity index (χ0v) is 19.0. The van der Waals surface area contributed by atoms with E-state index in [-0.39, 0.29) is 21.9 Å². The summed E-state index contributed by atoms with van der Waals surface area (Å²) in [6.07, 6.45) is -3.68. The Morgan fingerprint density at radius 3 is 2.38 bits per heavy atom. The van der Waals surface area contributed by atoms with Crippen LogP contribution in [0.15, 0.2) is 71.8 Å². The topological polar surface area (TPSA) is 140 Å². The molecule has 37 heavy (non-hydrogen) atoms. The Morgan fingerprint density at radius 2 is 1.68 bits per heavy atom. The SMILES string of the molecule is O=C(NN=Cc1ccccc1OC(=O)c1ccccc1[N+](=O)[O-])C(=O)Nc1cc(C(F)(F)F)ccc1Cl. The van der Waals surface area contributed by atoms with E-state index in [2.05, 4.69) is 5.10 Å². The van der Waals surface area contributed by atoms with E-state index in [0.29, 0.717) is 12.1 Å². The van der Waals surface area contributed by atoms with Crippen LogP contribution in [0.2, 0.25) is 5.02 Å². The second-order valence-electron chi connectivity index (χ2n) is 7.05. The van der Waals surface area contributed by atoms with Gasteiger partial charge in [-0.25, -0.2) is 10.2 Å². The van der Waals surface area contributed by atoms with Gasteiger partial charge in [0.1, 0.15) is 11.3 Å². The van der Waals surface area contributed by atoms with Crippen LogP contribution >= 0.6 is 11.6 Å². The zero-order valence-electron chi connectivity index (χ0n) is 18.3. The molecule has 2 amide bonds. The Kier molecular flexibility index (Phi) is 8.19.